The molecule has 0 radical (unpaired) electrons. The molecule has 1 aliphatic heterocycles. The molecule has 0 saturated carbocycles. The monoisotopic (exact) mass is 244 g/mol. The third-order valence-corrected chi connectivity index (χ3v) is 2.88. The Kier molecular flexibility index (Phi) is 5.37. The minimum absolute atomic E-state index is 0.00565. The van der Waals surface area contributed by atoms with Crippen molar-refractivity contribution in [2.45, 2.75) is 19.4 Å². The van der Waals surface area contributed by atoms with Gasteiger partial charge in [0.15, 0.2) is 0 Å². The van der Waals surface area contributed by atoms with Gasteiger partial charge < -0.3 is 14.7 Å². The Balaban J connectivity index is 2.39. The largest absolute Gasteiger partial charge is 0.481 e. The van der Waals surface area contributed by atoms with E-state index in [2.05, 4.69) is 0 Å². The van der Waals surface area contributed by atoms with Crippen molar-refractivity contribution >= 4 is 11.9 Å². The summed E-state index contributed by atoms with van der Waals surface area (Å²) in [6, 6.07) is 0. The lowest BCUT2D eigenvalue weighted by molar-refractivity contribution is -0.142. The maximum atomic E-state index is 11.7. The van der Waals surface area contributed by atoms with Crippen LogP contribution in [0.25, 0.3) is 0 Å². The Morgan fingerprint density at radius 2 is 2.24 bits per heavy atom. The van der Waals surface area contributed by atoms with Crippen LogP contribution in [0.3, 0.4) is 0 Å². The lowest BCUT2D eigenvalue weighted by Crippen LogP contribution is -2.47. The summed E-state index contributed by atoms with van der Waals surface area (Å²) in [5.74, 6) is -0.808. The maximum Gasteiger partial charge on any atom is 0.306 e. The molecule has 6 nitrogen and oxygen atoms in total. The first-order chi connectivity index (χ1) is 8.02. The van der Waals surface area contributed by atoms with E-state index in [0.717, 1.165) is 0 Å². The van der Waals surface area contributed by atoms with E-state index in [1.165, 1.54) is 0 Å². The van der Waals surface area contributed by atoms with Gasteiger partial charge in [0.05, 0.1) is 25.7 Å². The van der Waals surface area contributed by atoms with Crippen LogP contribution < -0.4 is 0 Å². The normalized spacial score (nSPS) is 21.2. The van der Waals surface area contributed by atoms with Crippen LogP contribution in [0.4, 0.5) is 0 Å². The number of rotatable bonds is 5. The number of morpholine rings is 1. The third kappa shape index (κ3) is 4.70. The first-order valence-electron chi connectivity index (χ1n) is 5.82. The number of amides is 1. The summed E-state index contributed by atoms with van der Waals surface area (Å²) in [4.78, 5) is 25.9. The summed E-state index contributed by atoms with van der Waals surface area (Å²) in [5.41, 5.74) is 0. The minimum Gasteiger partial charge on any atom is -0.481 e. The van der Waals surface area contributed by atoms with E-state index in [4.69, 9.17) is 9.84 Å². The molecule has 0 aromatic carbocycles. The van der Waals surface area contributed by atoms with Crippen molar-refractivity contribution in [3.05, 3.63) is 0 Å². The van der Waals surface area contributed by atoms with Crippen LogP contribution >= 0.6 is 0 Å². The molecule has 1 heterocycles. The standard InChI is InChI=1S/C11H20N2O4/c1-3-12(2)10(14)8-13-4-5-17-9(7-13)6-11(15)16/h9H,3-8H2,1-2H3,(H,15,16). The molecule has 1 aliphatic rings. The van der Waals surface area contributed by atoms with Crippen molar-refractivity contribution in [1.29, 1.82) is 0 Å². The quantitative estimate of drug-likeness (QED) is 0.715. The fraction of sp³-hybridized carbons (Fsp3) is 0.818. The van der Waals surface area contributed by atoms with Gasteiger partial charge in [0.25, 0.3) is 0 Å². The molecule has 1 atom stereocenters. The molecule has 0 aliphatic carbocycles. The minimum atomic E-state index is -0.867. The van der Waals surface area contributed by atoms with Crippen molar-refractivity contribution in [3.8, 4) is 0 Å². The number of carboxylic acids is 1. The van der Waals surface area contributed by atoms with E-state index in [0.29, 0.717) is 32.8 Å². The Morgan fingerprint density at radius 3 is 2.82 bits per heavy atom. The van der Waals surface area contributed by atoms with E-state index in [9.17, 15) is 9.59 Å². The number of aliphatic carboxylic acids is 1. The molecule has 0 bridgehead atoms. The molecule has 1 fully saturated rings. The summed E-state index contributed by atoms with van der Waals surface area (Å²) in [5, 5.41) is 8.69. The number of hydrogen-bond donors (Lipinski definition) is 1. The Hall–Kier alpha value is -1.14. The topological polar surface area (TPSA) is 70.1 Å². The number of carboxylic acid groups (broad SMARTS) is 1. The number of carbonyl (C=O) groups is 2. The number of nitrogens with zero attached hydrogens (tertiary/aromatic N) is 2. The molecule has 98 valence electrons. The number of hydrogen-bond acceptors (Lipinski definition) is 4. The lowest BCUT2D eigenvalue weighted by atomic mass is 10.2. The Bertz CT molecular complexity index is 283. The van der Waals surface area contributed by atoms with Crippen LogP contribution in [0.15, 0.2) is 0 Å². The zero-order valence-corrected chi connectivity index (χ0v) is 10.4. The summed E-state index contributed by atoms with van der Waals surface area (Å²) in [6.45, 7) is 4.62. The van der Waals surface area contributed by atoms with Gasteiger partial charge in [0.1, 0.15) is 0 Å². The molecular weight excluding hydrogens is 224 g/mol. The predicted molar refractivity (Wildman–Crippen MR) is 61.7 cm³/mol. The van der Waals surface area contributed by atoms with E-state index in [-0.39, 0.29) is 18.4 Å². The second kappa shape index (κ2) is 6.56. The molecule has 1 amide bonds. The average molecular weight is 244 g/mol. The van der Waals surface area contributed by atoms with Gasteiger partial charge >= 0.3 is 5.97 Å². The molecule has 1 N–H and O–H groups in total. The first kappa shape index (κ1) is 13.9. The van der Waals surface area contributed by atoms with Crippen LogP contribution in [-0.2, 0) is 14.3 Å². The fourth-order valence-electron chi connectivity index (χ4n) is 1.73. The average Bonchev–Trinajstić information content (AvgIpc) is 2.27. The summed E-state index contributed by atoms with van der Waals surface area (Å²) in [6.07, 6.45) is -0.310. The van der Waals surface area contributed by atoms with Crippen LogP contribution in [-0.4, -0.2) is 72.7 Å². The highest BCUT2D eigenvalue weighted by molar-refractivity contribution is 5.78. The van der Waals surface area contributed by atoms with Crippen LogP contribution in [0.1, 0.15) is 13.3 Å². The molecule has 6 heteroatoms. The fourth-order valence-corrected chi connectivity index (χ4v) is 1.73. The van der Waals surface area contributed by atoms with Gasteiger partial charge in [-0.3, -0.25) is 14.5 Å². The second-order valence-electron chi connectivity index (χ2n) is 4.23. The second-order valence-corrected chi connectivity index (χ2v) is 4.23. The highest BCUT2D eigenvalue weighted by atomic mass is 16.5. The van der Waals surface area contributed by atoms with Gasteiger partial charge in [-0.2, -0.15) is 0 Å². The summed E-state index contributed by atoms with van der Waals surface area (Å²) in [7, 11) is 1.76. The number of carbonyl (C=O) groups excluding carboxylic acids is 1. The van der Waals surface area contributed by atoms with E-state index < -0.39 is 5.97 Å². The van der Waals surface area contributed by atoms with E-state index in [1.807, 2.05) is 11.8 Å². The van der Waals surface area contributed by atoms with Gasteiger partial charge in [-0.25, -0.2) is 0 Å². The van der Waals surface area contributed by atoms with Crippen LogP contribution in [0, 0.1) is 0 Å². The number of likely N-dealkylation sites (N-methyl/N-ethyl adjacent to an activating group) is 1. The third-order valence-electron chi connectivity index (χ3n) is 2.88. The van der Waals surface area contributed by atoms with Crippen molar-refractivity contribution in [1.82, 2.24) is 9.80 Å². The van der Waals surface area contributed by atoms with E-state index >= 15 is 0 Å². The summed E-state index contributed by atoms with van der Waals surface area (Å²) < 4.78 is 5.34. The van der Waals surface area contributed by atoms with Gasteiger partial charge in [-0.1, -0.05) is 0 Å². The van der Waals surface area contributed by atoms with E-state index in [1.54, 1.807) is 11.9 Å². The molecular formula is C11H20N2O4. The first-order valence-corrected chi connectivity index (χ1v) is 5.82. The molecule has 1 rings (SSSR count). The molecule has 0 aromatic heterocycles. The summed E-state index contributed by atoms with van der Waals surface area (Å²) >= 11 is 0. The van der Waals surface area contributed by atoms with Crippen molar-refractivity contribution in [2.24, 2.45) is 0 Å². The molecule has 1 saturated heterocycles. The smallest absolute Gasteiger partial charge is 0.306 e. The number of ether oxygens (including phenoxy) is 1. The SMILES string of the molecule is CCN(C)C(=O)CN1CCOC(CC(=O)O)C1. The van der Waals surface area contributed by atoms with Gasteiger partial charge in [0.2, 0.25) is 5.91 Å². The van der Waals surface area contributed by atoms with Crippen LogP contribution in [0.2, 0.25) is 0 Å². The van der Waals surface area contributed by atoms with Gasteiger partial charge in [-0.15, -0.1) is 0 Å². The Morgan fingerprint density at radius 1 is 1.53 bits per heavy atom. The highest BCUT2D eigenvalue weighted by Crippen LogP contribution is 2.08. The zero-order chi connectivity index (χ0) is 12.8. The van der Waals surface area contributed by atoms with Gasteiger partial charge in [-0.05, 0) is 6.92 Å². The predicted octanol–water partition coefficient (Wildman–Crippen LogP) is -0.360. The lowest BCUT2D eigenvalue weighted by Gasteiger charge is -2.32. The molecule has 0 spiro atoms. The van der Waals surface area contributed by atoms with Crippen molar-refractivity contribution in [2.75, 3.05) is 39.8 Å². The molecule has 17 heavy (non-hydrogen) atoms. The van der Waals surface area contributed by atoms with Crippen molar-refractivity contribution < 1.29 is 19.4 Å². The van der Waals surface area contributed by atoms with Crippen LogP contribution in [0.5, 0.6) is 0 Å². The van der Waals surface area contributed by atoms with Crippen molar-refractivity contribution in [3.63, 3.8) is 0 Å². The highest BCUT2D eigenvalue weighted by Gasteiger charge is 2.24. The Labute approximate surface area is 101 Å². The molecule has 0 aromatic rings. The maximum absolute atomic E-state index is 11.7. The molecule has 1 unspecified atom stereocenters. The van der Waals surface area contributed by atoms with Gasteiger partial charge in [0, 0.05) is 26.7 Å². The zero-order valence-electron chi connectivity index (χ0n) is 10.4.